The second-order valence-electron chi connectivity index (χ2n) is 4.32. The molecule has 0 saturated carbocycles. The molecule has 0 aliphatic heterocycles. The fraction of sp³-hybridized carbons (Fsp3) is 1.00. The standard InChI is InChI=1S/C12H26O3/c1-3-5-6-7-8-9-12(15,4-2)11(14)10-13/h11,13-15H,3-10H2,1-2H3. The van der Waals surface area contributed by atoms with Gasteiger partial charge in [-0.15, -0.1) is 0 Å². The summed E-state index contributed by atoms with van der Waals surface area (Å²) in [5, 5.41) is 28.3. The Morgan fingerprint density at radius 3 is 2.13 bits per heavy atom. The lowest BCUT2D eigenvalue weighted by Crippen LogP contribution is -2.43. The summed E-state index contributed by atoms with van der Waals surface area (Å²) in [5.74, 6) is 0. The van der Waals surface area contributed by atoms with E-state index in [0.717, 1.165) is 12.8 Å². The Morgan fingerprint density at radius 2 is 1.67 bits per heavy atom. The van der Waals surface area contributed by atoms with E-state index in [1.54, 1.807) is 0 Å². The van der Waals surface area contributed by atoms with E-state index in [2.05, 4.69) is 6.92 Å². The number of rotatable bonds is 9. The van der Waals surface area contributed by atoms with E-state index in [4.69, 9.17) is 5.11 Å². The second kappa shape index (κ2) is 8.08. The van der Waals surface area contributed by atoms with Crippen molar-refractivity contribution in [2.24, 2.45) is 0 Å². The lowest BCUT2D eigenvalue weighted by molar-refractivity contribution is -0.102. The summed E-state index contributed by atoms with van der Waals surface area (Å²) in [7, 11) is 0. The molecular formula is C12H26O3. The fourth-order valence-electron chi connectivity index (χ4n) is 1.78. The zero-order valence-electron chi connectivity index (χ0n) is 10.1. The summed E-state index contributed by atoms with van der Waals surface area (Å²) in [6, 6.07) is 0. The predicted molar refractivity (Wildman–Crippen MR) is 61.7 cm³/mol. The first-order chi connectivity index (χ1) is 7.10. The molecule has 0 bridgehead atoms. The van der Waals surface area contributed by atoms with Gasteiger partial charge in [0.05, 0.1) is 12.2 Å². The first kappa shape index (κ1) is 14.9. The van der Waals surface area contributed by atoms with Crippen LogP contribution >= 0.6 is 0 Å². The molecule has 0 aromatic heterocycles. The summed E-state index contributed by atoms with van der Waals surface area (Å²) in [5.41, 5.74) is -1.10. The van der Waals surface area contributed by atoms with Gasteiger partial charge < -0.3 is 15.3 Å². The summed E-state index contributed by atoms with van der Waals surface area (Å²) >= 11 is 0. The Kier molecular flexibility index (Phi) is 8.02. The number of hydrogen-bond donors (Lipinski definition) is 3. The van der Waals surface area contributed by atoms with Crippen LogP contribution in [0.5, 0.6) is 0 Å². The molecule has 0 aliphatic rings. The first-order valence-corrected chi connectivity index (χ1v) is 6.12. The van der Waals surface area contributed by atoms with Crippen LogP contribution in [-0.2, 0) is 0 Å². The van der Waals surface area contributed by atoms with Gasteiger partial charge in [-0.05, 0) is 12.8 Å². The Hall–Kier alpha value is -0.120. The van der Waals surface area contributed by atoms with Crippen molar-refractivity contribution in [2.75, 3.05) is 6.61 Å². The molecule has 0 radical (unpaired) electrons. The van der Waals surface area contributed by atoms with Gasteiger partial charge in [-0.2, -0.15) is 0 Å². The average Bonchev–Trinajstić information content (AvgIpc) is 2.27. The molecule has 3 N–H and O–H groups in total. The van der Waals surface area contributed by atoms with Crippen molar-refractivity contribution in [3.63, 3.8) is 0 Å². The average molecular weight is 218 g/mol. The van der Waals surface area contributed by atoms with Crippen LogP contribution in [-0.4, -0.2) is 33.6 Å². The Balaban J connectivity index is 3.78. The quantitative estimate of drug-likeness (QED) is 0.517. The molecule has 0 aromatic rings. The minimum Gasteiger partial charge on any atom is -0.394 e. The Bertz CT molecular complexity index is 150. The monoisotopic (exact) mass is 218 g/mol. The molecular weight excluding hydrogens is 192 g/mol. The molecule has 0 spiro atoms. The topological polar surface area (TPSA) is 60.7 Å². The maximum absolute atomic E-state index is 10.0. The molecule has 0 rings (SSSR count). The minimum atomic E-state index is -1.10. The van der Waals surface area contributed by atoms with E-state index in [1.165, 1.54) is 19.3 Å². The normalized spacial score (nSPS) is 17.4. The largest absolute Gasteiger partial charge is 0.394 e. The van der Waals surface area contributed by atoms with Gasteiger partial charge >= 0.3 is 0 Å². The van der Waals surface area contributed by atoms with Crippen LogP contribution in [0.1, 0.15) is 58.8 Å². The smallest absolute Gasteiger partial charge is 0.106 e. The Labute approximate surface area is 93.1 Å². The van der Waals surface area contributed by atoms with Crippen molar-refractivity contribution in [1.82, 2.24) is 0 Å². The molecule has 0 aromatic carbocycles. The van der Waals surface area contributed by atoms with Gasteiger partial charge in [0.25, 0.3) is 0 Å². The molecule has 0 aliphatic carbocycles. The van der Waals surface area contributed by atoms with Gasteiger partial charge in [-0.1, -0.05) is 46.0 Å². The highest BCUT2D eigenvalue weighted by Gasteiger charge is 2.32. The SMILES string of the molecule is CCCCCCCC(O)(CC)C(O)CO. The molecule has 0 saturated heterocycles. The molecule has 0 fully saturated rings. The van der Waals surface area contributed by atoms with Crippen LogP contribution in [0.15, 0.2) is 0 Å². The van der Waals surface area contributed by atoms with Crippen LogP contribution in [0, 0.1) is 0 Å². The molecule has 92 valence electrons. The highest BCUT2D eigenvalue weighted by Crippen LogP contribution is 2.23. The van der Waals surface area contributed by atoms with Crippen LogP contribution in [0.4, 0.5) is 0 Å². The maximum atomic E-state index is 10.0. The molecule has 0 amide bonds. The number of aliphatic hydroxyl groups is 3. The van der Waals surface area contributed by atoms with Crippen molar-refractivity contribution in [3.05, 3.63) is 0 Å². The highest BCUT2D eigenvalue weighted by molar-refractivity contribution is 4.84. The van der Waals surface area contributed by atoms with E-state index >= 15 is 0 Å². The molecule has 3 nitrogen and oxygen atoms in total. The van der Waals surface area contributed by atoms with Gasteiger partial charge in [-0.3, -0.25) is 0 Å². The zero-order chi connectivity index (χ0) is 11.7. The molecule has 3 heteroatoms. The third-order valence-corrected chi connectivity index (χ3v) is 3.12. The first-order valence-electron chi connectivity index (χ1n) is 6.12. The number of hydrogen-bond acceptors (Lipinski definition) is 3. The lowest BCUT2D eigenvalue weighted by Gasteiger charge is -2.31. The third kappa shape index (κ3) is 5.50. The van der Waals surface area contributed by atoms with Crippen molar-refractivity contribution >= 4 is 0 Å². The van der Waals surface area contributed by atoms with Gasteiger partial charge in [0.15, 0.2) is 0 Å². The number of unbranched alkanes of at least 4 members (excludes halogenated alkanes) is 4. The molecule has 2 atom stereocenters. The predicted octanol–water partition coefficient (Wildman–Crippen LogP) is 1.84. The zero-order valence-corrected chi connectivity index (χ0v) is 10.1. The van der Waals surface area contributed by atoms with Gasteiger partial charge in [0.2, 0.25) is 0 Å². The molecule has 2 unspecified atom stereocenters. The van der Waals surface area contributed by atoms with E-state index < -0.39 is 11.7 Å². The van der Waals surface area contributed by atoms with E-state index in [0.29, 0.717) is 12.8 Å². The van der Waals surface area contributed by atoms with Crippen LogP contribution in [0.2, 0.25) is 0 Å². The Morgan fingerprint density at radius 1 is 1.07 bits per heavy atom. The molecule has 15 heavy (non-hydrogen) atoms. The van der Waals surface area contributed by atoms with Crippen LogP contribution < -0.4 is 0 Å². The summed E-state index contributed by atoms with van der Waals surface area (Å²) in [6.07, 6.45) is 5.69. The van der Waals surface area contributed by atoms with Crippen molar-refractivity contribution < 1.29 is 15.3 Å². The minimum absolute atomic E-state index is 0.362. The summed E-state index contributed by atoms with van der Waals surface area (Å²) < 4.78 is 0. The second-order valence-corrected chi connectivity index (χ2v) is 4.32. The maximum Gasteiger partial charge on any atom is 0.106 e. The van der Waals surface area contributed by atoms with E-state index in [1.807, 2.05) is 6.92 Å². The van der Waals surface area contributed by atoms with Crippen molar-refractivity contribution in [1.29, 1.82) is 0 Å². The summed E-state index contributed by atoms with van der Waals surface area (Å²) in [4.78, 5) is 0. The van der Waals surface area contributed by atoms with E-state index in [-0.39, 0.29) is 6.61 Å². The fourth-order valence-corrected chi connectivity index (χ4v) is 1.78. The van der Waals surface area contributed by atoms with E-state index in [9.17, 15) is 10.2 Å². The van der Waals surface area contributed by atoms with Crippen LogP contribution in [0.25, 0.3) is 0 Å². The van der Waals surface area contributed by atoms with Gasteiger partial charge in [0, 0.05) is 0 Å². The van der Waals surface area contributed by atoms with Gasteiger partial charge in [-0.25, -0.2) is 0 Å². The lowest BCUT2D eigenvalue weighted by atomic mass is 9.88. The molecule has 0 heterocycles. The van der Waals surface area contributed by atoms with Crippen LogP contribution in [0.3, 0.4) is 0 Å². The highest BCUT2D eigenvalue weighted by atomic mass is 16.4. The number of aliphatic hydroxyl groups excluding tert-OH is 2. The van der Waals surface area contributed by atoms with Gasteiger partial charge in [0.1, 0.15) is 6.10 Å². The third-order valence-electron chi connectivity index (χ3n) is 3.12. The van der Waals surface area contributed by atoms with Crippen molar-refractivity contribution in [3.8, 4) is 0 Å². The summed E-state index contributed by atoms with van der Waals surface area (Å²) in [6.45, 7) is 3.64. The van der Waals surface area contributed by atoms with Crippen molar-refractivity contribution in [2.45, 2.75) is 70.5 Å².